The molecule has 0 saturated carbocycles. The van der Waals surface area contributed by atoms with Crippen LogP contribution in [-0.4, -0.2) is 62.4 Å². The first-order valence-corrected chi connectivity index (χ1v) is 6.89. The van der Waals surface area contributed by atoms with Crippen LogP contribution in [0.4, 0.5) is 5.95 Å². The first kappa shape index (κ1) is 14.3. The number of H-pyrrole nitrogens is 1. The van der Waals surface area contributed by atoms with Crippen LogP contribution in [0.2, 0.25) is 0 Å². The molecule has 1 fully saturated rings. The minimum atomic E-state index is -0.382. The van der Waals surface area contributed by atoms with Gasteiger partial charge in [0.15, 0.2) is 11.8 Å². The van der Waals surface area contributed by atoms with Crippen LogP contribution in [0.25, 0.3) is 11.4 Å². The van der Waals surface area contributed by atoms with Gasteiger partial charge in [0.25, 0.3) is 0 Å². The van der Waals surface area contributed by atoms with Gasteiger partial charge >= 0.3 is 11.8 Å². The lowest BCUT2D eigenvalue weighted by molar-refractivity contribution is -0.734. The number of β-amino-alcohol motifs (C(OH)–C–C–N with tert-alkyl or cyclic N) is 1. The topological polar surface area (TPSA) is 121 Å². The summed E-state index contributed by atoms with van der Waals surface area (Å²) < 4.78 is 6.35. The van der Waals surface area contributed by atoms with Gasteiger partial charge in [0.2, 0.25) is 5.95 Å². The molecule has 3 heterocycles. The van der Waals surface area contributed by atoms with E-state index in [0.717, 1.165) is 0 Å². The molecule has 116 valence electrons. The summed E-state index contributed by atoms with van der Waals surface area (Å²) in [6, 6.07) is 0. The predicted molar refractivity (Wildman–Crippen MR) is 72.5 cm³/mol. The maximum Gasteiger partial charge on any atom is 0.342 e. The number of carbonyl (C=O) groups is 1. The molecule has 0 bridgehead atoms. The zero-order chi connectivity index (χ0) is 15.5. The number of aromatic amines is 1. The van der Waals surface area contributed by atoms with Gasteiger partial charge in [0.05, 0.1) is 18.3 Å². The van der Waals surface area contributed by atoms with Crippen LogP contribution in [0.1, 0.15) is 6.92 Å². The van der Waals surface area contributed by atoms with E-state index in [2.05, 4.69) is 25.5 Å². The Balaban J connectivity index is 1.74. The van der Waals surface area contributed by atoms with E-state index >= 15 is 0 Å². The number of hydrogen-bond donors (Lipinski definition) is 2. The van der Waals surface area contributed by atoms with Crippen molar-refractivity contribution < 1.29 is 19.3 Å². The zero-order valence-corrected chi connectivity index (χ0v) is 12.0. The quantitative estimate of drug-likeness (QED) is 0.495. The number of nitrogens with zero attached hydrogens (tertiary/aromatic N) is 6. The number of anilines is 1. The molecule has 1 aliphatic heterocycles. The van der Waals surface area contributed by atoms with Gasteiger partial charge in [-0.3, -0.25) is 0 Å². The molecule has 0 radical (unpaired) electrons. The number of aromatic nitrogens is 6. The van der Waals surface area contributed by atoms with Gasteiger partial charge in [-0.05, 0) is 6.92 Å². The Morgan fingerprint density at radius 2 is 2.23 bits per heavy atom. The normalized spacial score (nSPS) is 14.7. The summed E-state index contributed by atoms with van der Waals surface area (Å²) in [6.07, 6.45) is 2.89. The van der Waals surface area contributed by atoms with Crippen LogP contribution in [0.3, 0.4) is 0 Å². The lowest BCUT2D eigenvalue weighted by Gasteiger charge is -2.35. The van der Waals surface area contributed by atoms with Crippen molar-refractivity contribution in [3.8, 4) is 11.4 Å². The number of aliphatic hydroxyl groups excluding tert-OH is 1. The van der Waals surface area contributed by atoms with E-state index in [0.29, 0.717) is 37.0 Å². The summed E-state index contributed by atoms with van der Waals surface area (Å²) >= 11 is 0. The second-order valence-corrected chi connectivity index (χ2v) is 4.85. The Kier molecular flexibility index (Phi) is 3.92. The molecule has 2 N–H and O–H groups in total. The number of aliphatic hydroxyl groups is 1. The molecule has 10 heteroatoms. The number of hydrogen-bond acceptors (Lipinski definition) is 8. The van der Waals surface area contributed by atoms with Crippen LogP contribution in [0.15, 0.2) is 12.4 Å². The fourth-order valence-corrected chi connectivity index (χ4v) is 2.10. The average molecular weight is 306 g/mol. The molecule has 0 atom stereocenters. The Bertz CT molecular complexity index is 651. The molecule has 0 aromatic carbocycles. The summed E-state index contributed by atoms with van der Waals surface area (Å²) in [5.74, 6) is 0.615. The van der Waals surface area contributed by atoms with Crippen molar-refractivity contribution in [1.82, 2.24) is 25.5 Å². The van der Waals surface area contributed by atoms with Gasteiger partial charge < -0.3 is 14.7 Å². The highest BCUT2D eigenvalue weighted by molar-refractivity contribution is 5.67. The largest absolute Gasteiger partial charge is 0.464 e. The molecule has 1 saturated heterocycles. The van der Waals surface area contributed by atoms with Crippen LogP contribution in [0.5, 0.6) is 0 Å². The second kappa shape index (κ2) is 6.02. The second-order valence-electron chi connectivity index (χ2n) is 4.85. The summed E-state index contributed by atoms with van der Waals surface area (Å²) in [7, 11) is 0. The third-order valence-corrected chi connectivity index (χ3v) is 3.20. The van der Waals surface area contributed by atoms with Gasteiger partial charge in [0.1, 0.15) is 5.10 Å². The van der Waals surface area contributed by atoms with E-state index in [1.807, 2.05) is 4.90 Å². The molecule has 3 rings (SSSR count). The van der Waals surface area contributed by atoms with E-state index in [1.54, 1.807) is 19.3 Å². The molecule has 0 unspecified atom stereocenters. The fraction of sp³-hybridized carbons (Fsp3) is 0.500. The molecule has 2 aromatic heterocycles. The zero-order valence-electron chi connectivity index (χ0n) is 12.0. The average Bonchev–Trinajstić information content (AvgIpc) is 2.92. The fourth-order valence-electron chi connectivity index (χ4n) is 2.10. The van der Waals surface area contributed by atoms with E-state index in [1.165, 1.54) is 4.68 Å². The molecule has 22 heavy (non-hydrogen) atoms. The number of carbonyl (C=O) groups excluding carboxylic acids is 1. The molecule has 1 aliphatic rings. The lowest BCUT2D eigenvalue weighted by Crippen LogP contribution is -2.51. The first-order chi connectivity index (χ1) is 10.7. The molecule has 2 aromatic rings. The number of tetrazole rings is 1. The third-order valence-electron chi connectivity index (χ3n) is 3.20. The molecule has 0 aliphatic carbocycles. The van der Waals surface area contributed by atoms with Gasteiger partial charge in [-0.25, -0.2) is 14.8 Å². The van der Waals surface area contributed by atoms with Gasteiger partial charge in [-0.15, -0.1) is 4.68 Å². The van der Waals surface area contributed by atoms with Crippen molar-refractivity contribution in [3.63, 3.8) is 0 Å². The molecular weight excluding hydrogens is 290 g/mol. The summed E-state index contributed by atoms with van der Waals surface area (Å²) in [6.45, 7) is 3.11. The first-order valence-electron chi connectivity index (χ1n) is 6.89. The van der Waals surface area contributed by atoms with Gasteiger partial charge in [0, 0.05) is 25.5 Å². The number of rotatable bonds is 5. The Morgan fingerprint density at radius 3 is 2.86 bits per heavy atom. The van der Waals surface area contributed by atoms with Crippen LogP contribution in [-0.2, 0) is 16.1 Å². The summed E-state index contributed by atoms with van der Waals surface area (Å²) in [4.78, 5) is 21.9. The summed E-state index contributed by atoms with van der Waals surface area (Å²) in [5.41, 5.74) is 0.628. The minimum absolute atomic E-state index is 0.0176. The van der Waals surface area contributed by atoms with Gasteiger partial charge in [-0.1, -0.05) is 5.21 Å². The van der Waals surface area contributed by atoms with Crippen LogP contribution >= 0.6 is 0 Å². The molecular formula is C12H16N7O3+. The molecule has 0 spiro atoms. The Labute approximate surface area is 125 Å². The highest BCUT2D eigenvalue weighted by Gasteiger charge is 2.27. The van der Waals surface area contributed by atoms with Crippen LogP contribution < -0.4 is 9.58 Å². The highest BCUT2D eigenvalue weighted by Crippen LogP contribution is 2.17. The molecule has 0 amide bonds. The standard InChI is InChI=1S/C12H15N7O3/c1-2-22-10(21)7-19-11(15-16-17-19)8-3-13-12(14-4-8)18-5-9(20)6-18/h3-4,9,20H,2,5-7H2,1H3/p+1. The van der Waals surface area contributed by atoms with Gasteiger partial charge in [-0.2, -0.15) is 0 Å². The van der Waals surface area contributed by atoms with Crippen LogP contribution in [0, 0.1) is 0 Å². The van der Waals surface area contributed by atoms with E-state index in [9.17, 15) is 9.90 Å². The van der Waals surface area contributed by atoms with E-state index in [4.69, 9.17) is 4.74 Å². The molecule has 10 nitrogen and oxygen atoms in total. The third kappa shape index (κ3) is 2.86. The van der Waals surface area contributed by atoms with Crippen molar-refractivity contribution >= 4 is 11.9 Å². The van der Waals surface area contributed by atoms with Crippen molar-refractivity contribution in [2.24, 2.45) is 0 Å². The Morgan fingerprint density at radius 1 is 1.50 bits per heavy atom. The van der Waals surface area contributed by atoms with E-state index < -0.39 is 0 Å². The number of esters is 1. The monoisotopic (exact) mass is 306 g/mol. The van der Waals surface area contributed by atoms with Crippen molar-refractivity contribution in [2.75, 3.05) is 24.6 Å². The maximum atomic E-state index is 11.5. The highest BCUT2D eigenvalue weighted by atomic mass is 16.5. The van der Waals surface area contributed by atoms with Crippen molar-refractivity contribution in [1.29, 1.82) is 0 Å². The van der Waals surface area contributed by atoms with Crippen molar-refractivity contribution in [2.45, 2.75) is 19.6 Å². The predicted octanol–water partition coefficient (Wildman–Crippen LogP) is -1.71. The SMILES string of the molecule is CCOC(=O)C[n+]1[nH]nnc1-c1cnc(N2CC(O)C2)nc1. The van der Waals surface area contributed by atoms with E-state index in [-0.39, 0.29) is 18.6 Å². The smallest absolute Gasteiger partial charge is 0.342 e. The Hall–Kier alpha value is -2.62. The lowest BCUT2D eigenvalue weighted by atomic mass is 10.2. The maximum absolute atomic E-state index is 11.5. The summed E-state index contributed by atoms with van der Waals surface area (Å²) in [5, 5.41) is 19.5. The number of nitrogens with one attached hydrogen (secondary N) is 1. The minimum Gasteiger partial charge on any atom is -0.464 e. The van der Waals surface area contributed by atoms with Crippen molar-refractivity contribution in [3.05, 3.63) is 12.4 Å². The number of ether oxygens (including phenoxy) is 1.